The van der Waals surface area contributed by atoms with Crippen molar-refractivity contribution in [1.29, 1.82) is 0 Å². The van der Waals surface area contributed by atoms with Crippen molar-refractivity contribution >= 4 is 40.9 Å². The number of anilines is 1. The van der Waals surface area contributed by atoms with Crippen LogP contribution in [0.4, 0.5) is 5.69 Å². The third kappa shape index (κ3) is 3.36. The summed E-state index contributed by atoms with van der Waals surface area (Å²) >= 11 is 7.19. The lowest BCUT2D eigenvalue weighted by atomic mass is 10.2. The van der Waals surface area contributed by atoms with Crippen LogP contribution in [-0.2, 0) is 16.6 Å². The van der Waals surface area contributed by atoms with Crippen molar-refractivity contribution < 1.29 is 9.59 Å². The normalized spacial score (nSPS) is 17.0. The molecule has 1 fully saturated rings. The standard InChI is InChI=1S/C19H15ClN4O2S/c1-23-17(12-7-9-13(20)10-8-12)21-22-19(23)27-15-11-16(25)24(18(15)26)14-5-3-2-4-6-14/h2-10,15H,11H2,1H3. The molecule has 1 aromatic heterocycles. The van der Waals surface area contributed by atoms with Gasteiger partial charge in [0.05, 0.1) is 5.69 Å². The number of benzene rings is 2. The Labute approximate surface area is 165 Å². The van der Waals surface area contributed by atoms with Gasteiger partial charge in [-0.15, -0.1) is 10.2 Å². The van der Waals surface area contributed by atoms with Crippen molar-refractivity contribution in [1.82, 2.24) is 14.8 Å². The molecule has 1 unspecified atom stereocenters. The van der Waals surface area contributed by atoms with Crippen molar-refractivity contribution in [3.05, 3.63) is 59.6 Å². The predicted molar refractivity (Wildman–Crippen MR) is 105 cm³/mol. The largest absolute Gasteiger partial charge is 0.305 e. The highest BCUT2D eigenvalue weighted by Crippen LogP contribution is 2.34. The summed E-state index contributed by atoms with van der Waals surface area (Å²) < 4.78 is 1.82. The number of thioether (sulfide) groups is 1. The van der Waals surface area contributed by atoms with Crippen LogP contribution in [0.2, 0.25) is 5.02 Å². The van der Waals surface area contributed by atoms with Crippen LogP contribution in [0, 0.1) is 0 Å². The van der Waals surface area contributed by atoms with E-state index in [1.165, 1.54) is 16.7 Å². The maximum atomic E-state index is 12.8. The number of amides is 2. The summed E-state index contributed by atoms with van der Waals surface area (Å²) in [5.41, 5.74) is 1.47. The van der Waals surface area contributed by atoms with E-state index in [1.807, 2.05) is 29.8 Å². The first-order valence-electron chi connectivity index (χ1n) is 8.28. The fraction of sp³-hybridized carbons (Fsp3) is 0.158. The Bertz CT molecular complexity index is 1000. The average molecular weight is 399 g/mol. The van der Waals surface area contributed by atoms with Gasteiger partial charge in [-0.3, -0.25) is 9.59 Å². The van der Waals surface area contributed by atoms with Crippen molar-refractivity contribution in [2.24, 2.45) is 7.05 Å². The van der Waals surface area contributed by atoms with Gasteiger partial charge in [-0.2, -0.15) is 0 Å². The molecule has 2 amide bonds. The Hall–Kier alpha value is -2.64. The first kappa shape index (κ1) is 17.8. The number of rotatable bonds is 4. The minimum Gasteiger partial charge on any atom is -0.305 e. The Morgan fingerprint density at radius 1 is 1.04 bits per heavy atom. The zero-order chi connectivity index (χ0) is 19.0. The second-order valence-corrected chi connectivity index (χ2v) is 7.69. The molecule has 6 nitrogen and oxygen atoms in total. The number of imide groups is 1. The number of carbonyl (C=O) groups is 2. The summed E-state index contributed by atoms with van der Waals surface area (Å²) in [7, 11) is 1.84. The van der Waals surface area contributed by atoms with Crippen LogP contribution in [0.1, 0.15) is 6.42 Å². The lowest BCUT2D eigenvalue weighted by molar-refractivity contribution is -0.121. The van der Waals surface area contributed by atoms with Gasteiger partial charge in [-0.25, -0.2) is 4.90 Å². The Balaban J connectivity index is 1.56. The molecule has 1 atom stereocenters. The van der Waals surface area contributed by atoms with Gasteiger partial charge in [-0.05, 0) is 36.4 Å². The molecule has 1 aliphatic heterocycles. The van der Waals surface area contributed by atoms with E-state index < -0.39 is 5.25 Å². The second-order valence-electron chi connectivity index (χ2n) is 6.09. The topological polar surface area (TPSA) is 68.1 Å². The van der Waals surface area contributed by atoms with Crippen LogP contribution in [-0.4, -0.2) is 31.8 Å². The van der Waals surface area contributed by atoms with Gasteiger partial charge < -0.3 is 4.57 Å². The Morgan fingerprint density at radius 2 is 1.74 bits per heavy atom. The van der Waals surface area contributed by atoms with E-state index in [1.54, 1.807) is 36.4 Å². The van der Waals surface area contributed by atoms with Crippen molar-refractivity contribution in [3.8, 4) is 11.4 Å². The number of halogens is 1. The third-order valence-corrected chi connectivity index (χ3v) is 5.78. The molecule has 0 bridgehead atoms. The quantitative estimate of drug-likeness (QED) is 0.628. The smallest absolute Gasteiger partial charge is 0.247 e. The molecular formula is C19H15ClN4O2S. The van der Waals surface area contributed by atoms with E-state index in [-0.39, 0.29) is 18.2 Å². The molecule has 136 valence electrons. The Kier molecular flexibility index (Phi) is 4.72. The molecule has 0 aliphatic carbocycles. The molecule has 1 saturated heterocycles. The zero-order valence-corrected chi connectivity index (χ0v) is 15.9. The highest BCUT2D eigenvalue weighted by atomic mass is 35.5. The van der Waals surface area contributed by atoms with E-state index in [2.05, 4.69) is 10.2 Å². The predicted octanol–water partition coefficient (Wildman–Crippen LogP) is 3.56. The number of carbonyl (C=O) groups excluding carboxylic acids is 2. The molecule has 0 radical (unpaired) electrons. The zero-order valence-electron chi connectivity index (χ0n) is 14.4. The molecule has 3 aromatic rings. The molecule has 2 heterocycles. The van der Waals surface area contributed by atoms with Crippen LogP contribution in [0.15, 0.2) is 59.8 Å². The summed E-state index contributed by atoms with van der Waals surface area (Å²) in [5, 5.41) is 9.13. The molecule has 1 aliphatic rings. The van der Waals surface area contributed by atoms with Crippen molar-refractivity contribution in [3.63, 3.8) is 0 Å². The van der Waals surface area contributed by atoms with Crippen LogP contribution >= 0.6 is 23.4 Å². The minimum atomic E-state index is -0.515. The van der Waals surface area contributed by atoms with Gasteiger partial charge in [0.15, 0.2) is 11.0 Å². The van der Waals surface area contributed by atoms with Gasteiger partial charge >= 0.3 is 0 Å². The molecule has 2 aromatic carbocycles. The SMILES string of the molecule is Cn1c(SC2CC(=O)N(c3ccccc3)C2=O)nnc1-c1ccc(Cl)cc1. The van der Waals surface area contributed by atoms with Gasteiger partial charge in [0.25, 0.3) is 0 Å². The highest BCUT2D eigenvalue weighted by Gasteiger charge is 2.41. The highest BCUT2D eigenvalue weighted by molar-refractivity contribution is 8.00. The maximum Gasteiger partial charge on any atom is 0.247 e. The summed E-state index contributed by atoms with van der Waals surface area (Å²) in [6.45, 7) is 0. The number of hydrogen-bond acceptors (Lipinski definition) is 5. The van der Waals surface area contributed by atoms with E-state index in [0.717, 1.165) is 5.56 Å². The lowest BCUT2D eigenvalue weighted by Crippen LogP contribution is -2.31. The van der Waals surface area contributed by atoms with E-state index in [4.69, 9.17) is 11.6 Å². The van der Waals surface area contributed by atoms with E-state index >= 15 is 0 Å². The van der Waals surface area contributed by atoms with Gasteiger partial charge in [0.1, 0.15) is 5.25 Å². The fourth-order valence-electron chi connectivity index (χ4n) is 2.94. The second kappa shape index (κ2) is 7.17. The van der Waals surface area contributed by atoms with Crippen molar-refractivity contribution in [2.75, 3.05) is 4.90 Å². The van der Waals surface area contributed by atoms with Gasteiger partial charge in [-0.1, -0.05) is 41.6 Å². The first-order chi connectivity index (χ1) is 13.0. The lowest BCUT2D eigenvalue weighted by Gasteiger charge is -2.14. The number of para-hydroxylation sites is 1. The van der Waals surface area contributed by atoms with E-state index in [0.29, 0.717) is 21.7 Å². The summed E-state index contributed by atoms with van der Waals surface area (Å²) in [4.78, 5) is 26.4. The number of aromatic nitrogens is 3. The summed E-state index contributed by atoms with van der Waals surface area (Å²) in [6, 6.07) is 16.3. The van der Waals surface area contributed by atoms with Crippen molar-refractivity contribution in [2.45, 2.75) is 16.8 Å². The molecule has 0 spiro atoms. The average Bonchev–Trinajstić information content (AvgIpc) is 3.16. The van der Waals surface area contributed by atoms with E-state index in [9.17, 15) is 9.59 Å². The third-order valence-electron chi connectivity index (χ3n) is 4.30. The van der Waals surface area contributed by atoms with Gasteiger partial charge in [0.2, 0.25) is 11.8 Å². The molecule has 0 saturated carbocycles. The summed E-state index contributed by atoms with van der Waals surface area (Å²) in [5.74, 6) is 0.238. The molecule has 4 rings (SSSR count). The number of hydrogen-bond donors (Lipinski definition) is 0. The summed E-state index contributed by atoms with van der Waals surface area (Å²) in [6.07, 6.45) is 0.140. The van der Waals surface area contributed by atoms with Crippen LogP contribution < -0.4 is 4.90 Å². The molecule has 8 heteroatoms. The minimum absolute atomic E-state index is 0.140. The van der Waals surface area contributed by atoms with Gasteiger partial charge in [0, 0.05) is 24.1 Å². The van der Waals surface area contributed by atoms with Crippen LogP contribution in [0.5, 0.6) is 0 Å². The Morgan fingerprint density at radius 3 is 2.44 bits per heavy atom. The number of nitrogens with zero attached hydrogens (tertiary/aromatic N) is 4. The molecule has 27 heavy (non-hydrogen) atoms. The molecule has 0 N–H and O–H groups in total. The molecular weight excluding hydrogens is 384 g/mol. The van der Waals surface area contributed by atoms with Crippen LogP contribution in [0.3, 0.4) is 0 Å². The first-order valence-corrected chi connectivity index (χ1v) is 9.54. The monoisotopic (exact) mass is 398 g/mol. The van der Waals surface area contributed by atoms with Crippen LogP contribution in [0.25, 0.3) is 11.4 Å². The maximum absolute atomic E-state index is 12.8. The fourth-order valence-corrected chi connectivity index (χ4v) is 4.08.